The summed E-state index contributed by atoms with van der Waals surface area (Å²) in [5.41, 5.74) is 7.28. The SMILES string of the molecule is NC(=NO)c1cccc(COCC2CCOCC2)c1. The summed E-state index contributed by atoms with van der Waals surface area (Å²) in [6.07, 6.45) is 2.15. The highest BCUT2D eigenvalue weighted by atomic mass is 16.5. The Morgan fingerprint density at radius 3 is 2.95 bits per heavy atom. The van der Waals surface area contributed by atoms with E-state index in [0.29, 0.717) is 18.1 Å². The predicted octanol–water partition coefficient (Wildman–Crippen LogP) is 1.72. The second-order valence-electron chi connectivity index (χ2n) is 4.76. The van der Waals surface area contributed by atoms with Crippen molar-refractivity contribution in [1.82, 2.24) is 0 Å². The van der Waals surface area contributed by atoms with Crippen molar-refractivity contribution < 1.29 is 14.7 Å². The van der Waals surface area contributed by atoms with Gasteiger partial charge in [-0.1, -0.05) is 23.4 Å². The molecule has 2 rings (SSSR count). The minimum atomic E-state index is 0.117. The Balaban J connectivity index is 1.82. The summed E-state index contributed by atoms with van der Waals surface area (Å²) in [6.45, 7) is 2.99. The van der Waals surface area contributed by atoms with Crippen LogP contribution in [0.4, 0.5) is 0 Å². The van der Waals surface area contributed by atoms with Gasteiger partial charge in [-0.05, 0) is 30.4 Å². The Morgan fingerprint density at radius 2 is 2.21 bits per heavy atom. The molecule has 0 unspecified atom stereocenters. The van der Waals surface area contributed by atoms with Gasteiger partial charge in [-0.15, -0.1) is 0 Å². The van der Waals surface area contributed by atoms with Gasteiger partial charge in [0.25, 0.3) is 0 Å². The Morgan fingerprint density at radius 1 is 1.42 bits per heavy atom. The van der Waals surface area contributed by atoms with Gasteiger partial charge in [-0.3, -0.25) is 0 Å². The number of amidine groups is 1. The molecule has 0 atom stereocenters. The molecular weight excluding hydrogens is 244 g/mol. The molecule has 5 heteroatoms. The van der Waals surface area contributed by atoms with Crippen LogP contribution >= 0.6 is 0 Å². The van der Waals surface area contributed by atoms with Crippen LogP contribution in [0.1, 0.15) is 24.0 Å². The second-order valence-corrected chi connectivity index (χ2v) is 4.76. The van der Waals surface area contributed by atoms with Gasteiger partial charge in [0, 0.05) is 18.8 Å². The zero-order valence-corrected chi connectivity index (χ0v) is 10.9. The quantitative estimate of drug-likeness (QED) is 0.367. The molecular formula is C14H20N2O3. The molecule has 0 amide bonds. The standard InChI is InChI=1S/C14H20N2O3/c15-14(16-17)13-3-1-2-12(8-13)10-19-9-11-4-6-18-7-5-11/h1-3,8,11,17H,4-7,9-10H2,(H2,15,16). The fourth-order valence-electron chi connectivity index (χ4n) is 2.13. The van der Waals surface area contributed by atoms with Gasteiger partial charge < -0.3 is 20.4 Å². The molecule has 0 bridgehead atoms. The zero-order chi connectivity index (χ0) is 13.5. The maximum absolute atomic E-state index is 8.65. The molecule has 0 saturated carbocycles. The summed E-state index contributed by atoms with van der Waals surface area (Å²) in [4.78, 5) is 0. The van der Waals surface area contributed by atoms with Gasteiger partial charge in [0.05, 0.1) is 13.2 Å². The van der Waals surface area contributed by atoms with E-state index in [1.807, 2.05) is 18.2 Å². The molecule has 104 valence electrons. The number of ether oxygens (including phenoxy) is 2. The van der Waals surface area contributed by atoms with Crippen LogP contribution in [0.5, 0.6) is 0 Å². The molecule has 1 fully saturated rings. The molecule has 1 aliphatic rings. The van der Waals surface area contributed by atoms with E-state index in [-0.39, 0.29) is 5.84 Å². The number of hydrogen-bond acceptors (Lipinski definition) is 4. The number of hydrogen-bond donors (Lipinski definition) is 2. The van der Waals surface area contributed by atoms with Crippen molar-refractivity contribution in [3.63, 3.8) is 0 Å². The van der Waals surface area contributed by atoms with Crippen molar-refractivity contribution >= 4 is 5.84 Å². The van der Waals surface area contributed by atoms with E-state index >= 15 is 0 Å². The number of oxime groups is 1. The van der Waals surface area contributed by atoms with E-state index in [9.17, 15) is 0 Å². The fraction of sp³-hybridized carbons (Fsp3) is 0.500. The zero-order valence-electron chi connectivity index (χ0n) is 10.9. The first kappa shape index (κ1) is 13.8. The highest BCUT2D eigenvalue weighted by Gasteiger charge is 2.13. The number of nitrogens with two attached hydrogens (primary N) is 1. The summed E-state index contributed by atoms with van der Waals surface area (Å²) >= 11 is 0. The molecule has 5 nitrogen and oxygen atoms in total. The maximum atomic E-state index is 8.65. The molecule has 1 aliphatic heterocycles. The van der Waals surface area contributed by atoms with Gasteiger partial charge in [-0.2, -0.15) is 0 Å². The molecule has 3 N–H and O–H groups in total. The van der Waals surface area contributed by atoms with Gasteiger partial charge in [0.2, 0.25) is 0 Å². The number of benzene rings is 1. The van der Waals surface area contributed by atoms with Crippen molar-refractivity contribution in [1.29, 1.82) is 0 Å². The molecule has 0 radical (unpaired) electrons. The molecule has 1 aromatic carbocycles. The van der Waals surface area contributed by atoms with E-state index in [4.69, 9.17) is 20.4 Å². The number of rotatable bonds is 5. The van der Waals surface area contributed by atoms with Crippen LogP contribution in [0.15, 0.2) is 29.4 Å². The summed E-state index contributed by atoms with van der Waals surface area (Å²) in [6, 6.07) is 7.52. The molecule has 1 aromatic rings. The van der Waals surface area contributed by atoms with E-state index < -0.39 is 0 Å². The minimum absolute atomic E-state index is 0.117. The van der Waals surface area contributed by atoms with Crippen LogP contribution in [0, 0.1) is 5.92 Å². The smallest absolute Gasteiger partial charge is 0.170 e. The fourth-order valence-corrected chi connectivity index (χ4v) is 2.13. The highest BCUT2D eigenvalue weighted by Crippen LogP contribution is 2.15. The molecule has 0 aliphatic carbocycles. The lowest BCUT2D eigenvalue weighted by Gasteiger charge is -2.21. The third-order valence-corrected chi connectivity index (χ3v) is 3.29. The van der Waals surface area contributed by atoms with Crippen LogP contribution in [0.25, 0.3) is 0 Å². The van der Waals surface area contributed by atoms with Gasteiger partial charge in [-0.25, -0.2) is 0 Å². The Hall–Kier alpha value is -1.59. The first-order chi connectivity index (χ1) is 9.29. The molecule has 1 heterocycles. The summed E-state index contributed by atoms with van der Waals surface area (Å²) in [7, 11) is 0. The minimum Gasteiger partial charge on any atom is -0.409 e. The molecule has 0 spiro atoms. The van der Waals surface area contributed by atoms with Crippen LogP contribution in [0.2, 0.25) is 0 Å². The Bertz CT molecular complexity index is 428. The van der Waals surface area contributed by atoms with Crippen molar-refractivity contribution in [2.45, 2.75) is 19.4 Å². The monoisotopic (exact) mass is 264 g/mol. The highest BCUT2D eigenvalue weighted by molar-refractivity contribution is 5.97. The third-order valence-electron chi connectivity index (χ3n) is 3.29. The average Bonchev–Trinajstić information content (AvgIpc) is 2.48. The van der Waals surface area contributed by atoms with Crippen molar-refractivity contribution in [3.05, 3.63) is 35.4 Å². The lowest BCUT2D eigenvalue weighted by molar-refractivity contribution is 0.0157. The second kappa shape index (κ2) is 7.11. The largest absolute Gasteiger partial charge is 0.409 e. The molecule has 1 saturated heterocycles. The number of nitrogens with zero attached hydrogens (tertiary/aromatic N) is 1. The van der Waals surface area contributed by atoms with Gasteiger partial charge >= 0.3 is 0 Å². The average molecular weight is 264 g/mol. The van der Waals surface area contributed by atoms with E-state index in [1.165, 1.54) is 0 Å². The topological polar surface area (TPSA) is 77.1 Å². The van der Waals surface area contributed by atoms with Crippen LogP contribution in [-0.4, -0.2) is 30.9 Å². The first-order valence-electron chi connectivity index (χ1n) is 6.52. The lowest BCUT2D eigenvalue weighted by atomic mass is 10.0. The van der Waals surface area contributed by atoms with E-state index in [2.05, 4.69) is 5.16 Å². The van der Waals surface area contributed by atoms with Crippen LogP contribution < -0.4 is 5.73 Å². The van der Waals surface area contributed by atoms with E-state index in [1.54, 1.807) is 6.07 Å². The van der Waals surface area contributed by atoms with Gasteiger partial charge in [0.1, 0.15) is 0 Å². The molecule has 0 aromatic heterocycles. The molecule has 19 heavy (non-hydrogen) atoms. The summed E-state index contributed by atoms with van der Waals surface area (Å²) < 4.78 is 11.0. The Labute approximate surface area is 113 Å². The van der Waals surface area contributed by atoms with Gasteiger partial charge in [0.15, 0.2) is 5.84 Å². The van der Waals surface area contributed by atoms with Crippen LogP contribution in [-0.2, 0) is 16.1 Å². The summed E-state index contributed by atoms with van der Waals surface area (Å²) in [5, 5.41) is 11.6. The van der Waals surface area contributed by atoms with Crippen molar-refractivity contribution in [3.8, 4) is 0 Å². The first-order valence-corrected chi connectivity index (χ1v) is 6.52. The predicted molar refractivity (Wildman–Crippen MR) is 72.2 cm³/mol. The van der Waals surface area contributed by atoms with Crippen molar-refractivity contribution in [2.75, 3.05) is 19.8 Å². The third kappa shape index (κ3) is 4.22. The summed E-state index contributed by atoms with van der Waals surface area (Å²) in [5.74, 6) is 0.715. The maximum Gasteiger partial charge on any atom is 0.170 e. The van der Waals surface area contributed by atoms with Crippen molar-refractivity contribution in [2.24, 2.45) is 16.8 Å². The lowest BCUT2D eigenvalue weighted by Crippen LogP contribution is -2.20. The van der Waals surface area contributed by atoms with Crippen LogP contribution in [0.3, 0.4) is 0 Å². The normalized spacial score (nSPS) is 17.6. The van der Waals surface area contributed by atoms with E-state index in [0.717, 1.165) is 38.2 Å². The Kier molecular flexibility index (Phi) is 5.18.